The first kappa shape index (κ1) is 25.0. The van der Waals surface area contributed by atoms with E-state index in [0.29, 0.717) is 25.1 Å². The van der Waals surface area contributed by atoms with E-state index in [4.69, 9.17) is 0 Å². The van der Waals surface area contributed by atoms with Gasteiger partial charge < -0.3 is 16.0 Å². The average molecular weight is 496 g/mol. The van der Waals surface area contributed by atoms with Crippen LogP contribution < -0.4 is 16.0 Å². The first-order chi connectivity index (χ1) is 17.3. The van der Waals surface area contributed by atoms with E-state index in [9.17, 15) is 23.2 Å². The molecule has 1 fully saturated rings. The molecule has 4 rings (SSSR count). The summed E-state index contributed by atoms with van der Waals surface area (Å²) in [5.74, 6) is -3.45. The third-order valence-electron chi connectivity index (χ3n) is 6.24. The van der Waals surface area contributed by atoms with Gasteiger partial charge in [-0.2, -0.15) is 5.10 Å². The van der Waals surface area contributed by atoms with Gasteiger partial charge in [-0.05, 0) is 37.1 Å². The molecule has 36 heavy (non-hydrogen) atoms. The molecule has 10 heteroatoms. The van der Waals surface area contributed by atoms with Crippen molar-refractivity contribution in [2.24, 2.45) is 11.3 Å². The normalized spacial score (nSPS) is 15.4. The van der Waals surface area contributed by atoms with Crippen molar-refractivity contribution in [3.63, 3.8) is 0 Å². The lowest BCUT2D eigenvalue weighted by Crippen LogP contribution is -2.45. The summed E-state index contributed by atoms with van der Waals surface area (Å²) in [6.07, 6.45) is 4.07. The molecule has 3 amide bonds. The third-order valence-corrected chi connectivity index (χ3v) is 6.24. The van der Waals surface area contributed by atoms with Crippen LogP contribution in [0.2, 0.25) is 0 Å². The standard InChI is InChI=1S/C26H27F2N5O3/c1-17(16-33-13-5-12-30-33)23(34)32-22(20-9-8-18(27)14-21(20)28)15-29-24(35)26(10-11-26)25(36)31-19-6-3-2-4-7-19/h2-9,12-14,17,22H,10-11,15-16H2,1H3,(H,29,35)(H,31,36)(H,32,34). The second-order valence-corrected chi connectivity index (χ2v) is 8.97. The van der Waals surface area contributed by atoms with Crippen molar-refractivity contribution < 1.29 is 23.2 Å². The zero-order valence-corrected chi connectivity index (χ0v) is 19.7. The summed E-state index contributed by atoms with van der Waals surface area (Å²) >= 11 is 0. The average Bonchev–Trinajstić information content (AvgIpc) is 3.52. The maximum absolute atomic E-state index is 14.6. The predicted molar refractivity (Wildman–Crippen MR) is 128 cm³/mol. The van der Waals surface area contributed by atoms with Gasteiger partial charge in [-0.1, -0.05) is 31.2 Å². The molecule has 3 aromatic rings. The Labute approximate surface area is 207 Å². The molecule has 188 valence electrons. The van der Waals surface area contributed by atoms with Crippen LogP contribution in [0.25, 0.3) is 0 Å². The largest absolute Gasteiger partial charge is 0.353 e. The molecule has 0 bridgehead atoms. The van der Waals surface area contributed by atoms with Gasteiger partial charge in [0, 0.05) is 36.3 Å². The molecular weight excluding hydrogens is 468 g/mol. The van der Waals surface area contributed by atoms with E-state index in [0.717, 1.165) is 12.1 Å². The minimum Gasteiger partial charge on any atom is -0.353 e. The highest BCUT2D eigenvalue weighted by Crippen LogP contribution is 2.47. The van der Waals surface area contributed by atoms with Gasteiger partial charge in [0.1, 0.15) is 17.0 Å². The first-order valence-corrected chi connectivity index (χ1v) is 11.7. The second kappa shape index (κ2) is 10.7. The van der Waals surface area contributed by atoms with Crippen LogP contribution in [0.5, 0.6) is 0 Å². The number of rotatable bonds is 10. The predicted octanol–water partition coefficient (Wildman–Crippen LogP) is 3.19. The number of carbonyl (C=O) groups excluding carboxylic acids is 3. The summed E-state index contributed by atoms with van der Waals surface area (Å²) < 4.78 is 29.7. The Balaban J connectivity index is 1.44. The number of anilines is 1. The molecule has 1 aliphatic rings. The van der Waals surface area contributed by atoms with Crippen molar-refractivity contribution in [1.82, 2.24) is 20.4 Å². The first-order valence-electron chi connectivity index (χ1n) is 11.7. The zero-order valence-electron chi connectivity index (χ0n) is 19.7. The van der Waals surface area contributed by atoms with E-state index in [1.54, 1.807) is 54.3 Å². The summed E-state index contributed by atoms with van der Waals surface area (Å²) in [4.78, 5) is 38.7. The Bertz CT molecular complexity index is 1230. The van der Waals surface area contributed by atoms with Crippen LogP contribution >= 0.6 is 0 Å². The summed E-state index contributed by atoms with van der Waals surface area (Å²) in [7, 11) is 0. The van der Waals surface area contributed by atoms with Crippen LogP contribution in [0.1, 0.15) is 31.4 Å². The summed E-state index contributed by atoms with van der Waals surface area (Å²) in [5, 5.41) is 12.3. The lowest BCUT2D eigenvalue weighted by molar-refractivity contribution is -0.135. The summed E-state index contributed by atoms with van der Waals surface area (Å²) in [6, 6.07) is 12.6. The number of amides is 3. The van der Waals surface area contributed by atoms with E-state index in [1.807, 2.05) is 6.07 Å². The number of halogens is 2. The van der Waals surface area contributed by atoms with Crippen LogP contribution in [0.15, 0.2) is 67.0 Å². The molecule has 0 radical (unpaired) electrons. The molecule has 1 aliphatic carbocycles. The lowest BCUT2D eigenvalue weighted by atomic mass is 10.0. The molecule has 1 heterocycles. The third kappa shape index (κ3) is 5.76. The van der Waals surface area contributed by atoms with Gasteiger partial charge in [0.05, 0.1) is 18.5 Å². The number of nitrogens with zero attached hydrogens (tertiary/aromatic N) is 2. The summed E-state index contributed by atoms with van der Waals surface area (Å²) in [5.41, 5.74) is -0.625. The van der Waals surface area contributed by atoms with E-state index in [2.05, 4.69) is 21.0 Å². The van der Waals surface area contributed by atoms with E-state index in [-0.39, 0.29) is 12.1 Å². The monoisotopic (exact) mass is 495 g/mol. The maximum Gasteiger partial charge on any atom is 0.240 e. The lowest BCUT2D eigenvalue weighted by Gasteiger charge is -2.24. The number of nitrogens with one attached hydrogen (secondary N) is 3. The van der Waals surface area contributed by atoms with Crippen LogP contribution in [-0.4, -0.2) is 34.0 Å². The highest BCUT2D eigenvalue weighted by atomic mass is 19.1. The zero-order chi connectivity index (χ0) is 25.7. The summed E-state index contributed by atoms with van der Waals surface area (Å²) in [6.45, 7) is 1.81. The van der Waals surface area contributed by atoms with Gasteiger partial charge in [0.15, 0.2) is 0 Å². The Hall–Kier alpha value is -4.08. The van der Waals surface area contributed by atoms with Crippen molar-refractivity contribution in [2.75, 3.05) is 11.9 Å². The highest BCUT2D eigenvalue weighted by molar-refractivity contribution is 6.13. The molecule has 2 atom stereocenters. The molecule has 2 aromatic carbocycles. The molecule has 8 nitrogen and oxygen atoms in total. The van der Waals surface area contributed by atoms with Crippen molar-refractivity contribution in [1.29, 1.82) is 0 Å². The highest BCUT2D eigenvalue weighted by Gasteiger charge is 2.56. The molecule has 1 saturated carbocycles. The molecular formula is C26H27F2N5O3. The van der Waals surface area contributed by atoms with Gasteiger partial charge in [0.2, 0.25) is 17.7 Å². The van der Waals surface area contributed by atoms with Gasteiger partial charge in [-0.25, -0.2) is 8.78 Å². The number of hydrogen-bond donors (Lipinski definition) is 3. The quantitative estimate of drug-likeness (QED) is 0.376. The van der Waals surface area contributed by atoms with Crippen molar-refractivity contribution in [2.45, 2.75) is 32.4 Å². The Morgan fingerprint density at radius 3 is 2.44 bits per heavy atom. The topological polar surface area (TPSA) is 105 Å². The fraction of sp³-hybridized carbons (Fsp3) is 0.308. The minimum absolute atomic E-state index is 0.0231. The molecule has 0 spiro atoms. The Morgan fingerprint density at radius 1 is 1.06 bits per heavy atom. The van der Waals surface area contributed by atoms with E-state index in [1.165, 1.54) is 6.07 Å². The SMILES string of the molecule is CC(Cn1cccn1)C(=O)NC(CNC(=O)C1(C(=O)Nc2ccccc2)CC1)c1ccc(F)cc1F. The molecule has 0 saturated heterocycles. The fourth-order valence-corrected chi connectivity index (χ4v) is 3.93. The number of benzene rings is 2. The number of hydrogen-bond acceptors (Lipinski definition) is 4. The van der Waals surface area contributed by atoms with Gasteiger partial charge in [-0.15, -0.1) is 0 Å². The van der Waals surface area contributed by atoms with Crippen LogP contribution in [0, 0.1) is 23.0 Å². The van der Waals surface area contributed by atoms with Crippen LogP contribution in [0.4, 0.5) is 14.5 Å². The minimum atomic E-state index is -1.22. The van der Waals surface area contributed by atoms with E-state index >= 15 is 0 Å². The molecule has 3 N–H and O–H groups in total. The number of para-hydroxylation sites is 1. The van der Waals surface area contributed by atoms with Crippen LogP contribution in [0.3, 0.4) is 0 Å². The smallest absolute Gasteiger partial charge is 0.240 e. The van der Waals surface area contributed by atoms with Crippen molar-refractivity contribution >= 4 is 23.4 Å². The van der Waals surface area contributed by atoms with Crippen molar-refractivity contribution in [3.05, 3.63) is 84.2 Å². The van der Waals surface area contributed by atoms with Crippen molar-refractivity contribution in [3.8, 4) is 0 Å². The van der Waals surface area contributed by atoms with Gasteiger partial charge >= 0.3 is 0 Å². The molecule has 2 unspecified atom stereocenters. The second-order valence-electron chi connectivity index (χ2n) is 8.97. The fourth-order valence-electron chi connectivity index (χ4n) is 3.93. The maximum atomic E-state index is 14.6. The van der Waals surface area contributed by atoms with E-state index < -0.39 is 46.7 Å². The number of aromatic nitrogens is 2. The Morgan fingerprint density at radius 2 is 1.81 bits per heavy atom. The van der Waals surface area contributed by atoms with Gasteiger partial charge in [0.25, 0.3) is 0 Å². The Kier molecular flexibility index (Phi) is 7.42. The molecule has 0 aliphatic heterocycles. The molecule has 1 aromatic heterocycles. The van der Waals surface area contributed by atoms with Crippen LogP contribution in [-0.2, 0) is 20.9 Å². The van der Waals surface area contributed by atoms with Gasteiger partial charge in [-0.3, -0.25) is 19.1 Å². The number of carbonyl (C=O) groups is 3.